The van der Waals surface area contributed by atoms with Crippen LogP contribution in [0, 0.1) is 0 Å². The summed E-state index contributed by atoms with van der Waals surface area (Å²) in [5.41, 5.74) is 7.37. The number of nitrogens with zero attached hydrogens (tertiary/aromatic N) is 1. The third-order valence-electron chi connectivity index (χ3n) is 3.69. The molecule has 2 heterocycles. The lowest BCUT2D eigenvalue weighted by atomic mass is 9.95. The molecule has 112 valence electrons. The van der Waals surface area contributed by atoms with Crippen LogP contribution < -0.4 is 5.73 Å². The first-order valence-electron chi connectivity index (χ1n) is 6.49. The maximum atomic E-state index is 12.4. The molecule has 0 spiro atoms. The molecule has 0 aliphatic carbocycles. The molecule has 2 aromatic rings. The second-order valence-electron chi connectivity index (χ2n) is 4.99. The minimum atomic E-state index is -0.115. The summed E-state index contributed by atoms with van der Waals surface area (Å²) in [6.07, 6.45) is 1.50. The first kappa shape index (κ1) is 16.1. The van der Waals surface area contributed by atoms with Crippen LogP contribution in [0.25, 0.3) is 0 Å². The Bertz CT molecular complexity index is 617. The third-order valence-corrected chi connectivity index (χ3v) is 4.32. The minimum absolute atomic E-state index is 0. The third kappa shape index (κ3) is 3.15. The normalized spacial score (nSPS) is 21.1. The number of hydrogen-bond donors (Lipinski definition) is 1. The van der Waals surface area contributed by atoms with Gasteiger partial charge in [0.15, 0.2) is 0 Å². The molecule has 0 saturated carbocycles. The summed E-state index contributed by atoms with van der Waals surface area (Å²) in [4.78, 5) is 14.2. The largest absolute Gasteiger partial charge is 0.458 e. The van der Waals surface area contributed by atoms with Gasteiger partial charge in [-0.05, 0) is 27.6 Å². The number of furan rings is 1. The molecule has 6 heteroatoms. The number of amides is 1. The Morgan fingerprint density at radius 3 is 2.57 bits per heavy atom. The molecule has 1 amide bonds. The monoisotopic (exact) mass is 370 g/mol. The predicted molar refractivity (Wildman–Crippen MR) is 86.7 cm³/mol. The van der Waals surface area contributed by atoms with Crippen molar-refractivity contribution in [1.82, 2.24) is 4.90 Å². The van der Waals surface area contributed by atoms with Gasteiger partial charge in [0.1, 0.15) is 0 Å². The van der Waals surface area contributed by atoms with Crippen LogP contribution >= 0.6 is 28.3 Å². The van der Waals surface area contributed by atoms with Crippen molar-refractivity contribution in [2.45, 2.75) is 12.0 Å². The van der Waals surface area contributed by atoms with Crippen molar-refractivity contribution in [2.75, 3.05) is 13.1 Å². The zero-order valence-electron chi connectivity index (χ0n) is 11.2. The molecule has 1 aromatic heterocycles. The number of halogens is 2. The molecule has 0 unspecified atom stereocenters. The van der Waals surface area contributed by atoms with E-state index in [9.17, 15) is 4.79 Å². The molecule has 2 N–H and O–H groups in total. The van der Waals surface area contributed by atoms with E-state index in [-0.39, 0.29) is 30.3 Å². The molecule has 1 aliphatic heterocycles. The number of likely N-dealkylation sites (tertiary alicyclic amines) is 1. The standard InChI is InChI=1S/C15H15BrN2O2.ClH/c16-12-6-7-20-14(12)15(19)18-8-11(13(17)9-18)10-4-2-1-3-5-10;/h1-7,11,13H,8-9,17H2;1H/t11-,13+;/m0./s1. The molecule has 3 rings (SSSR count). The van der Waals surface area contributed by atoms with Gasteiger partial charge >= 0.3 is 0 Å². The van der Waals surface area contributed by atoms with E-state index in [2.05, 4.69) is 28.1 Å². The number of hydrogen-bond acceptors (Lipinski definition) is 3. The van der Waals surface area contributed by atoms with E-state index in [1.54, 1.807) is 11.0 Å². The Morgan fingerprint density at radius 2 is 1.95 bits per heavy atom. The van der Waals surface area contributed by atoms with Crippen LogP contribution in [0.1, 0.15) is 22.0 Å². The summed E-state index contributed by atoms with van der Waals surface area (Å²) in [6.45, 7) is 1.17. The van der Waals surface area contributed by atoms with Gasteiger partial charge in [-0.15, -0.1) is 12.4 Å². The number of carbonyl (C=O) groups excluding carboxylic acids is 1. The van der Waals surface area contributed by atoms with Gasteiger partial charge in [-0.3, -0.25) is 4.79 Å². The number of rotatable bonds is 2. The zero-order chi connectivity index (χ0) is 14.1. The number of benzene rings is 1. The highest BCUT2D eigenvalue weighted by molar-refractivity contribution is 9.10. The Labute approximate surface area is 137 Å². The first-order chi connectivity index (χ1) is 9.66. The van der Waals surface area contributed by atoms with Crippen LogP contribution in [0.5, 0.6) is 0 Å². The molecule has 1 aromatic carbocycles. The van der Waals surface area contributed by atoms with Gasteiger partial charge in [0, 0.05) is 25.0 Å². The Morgan fingerprint density at radius 1 is 1.24 bits per heavy atom. The van der Waals surface area contributed by atoms with Gasteiger partial charge in [-0.2, -0.15) is 0 Å². The van der Waals surface area contributed by atoms with Gasteiger partial charge in [0.25, 0.3) is 5.91 Å². The van der Waals surface area contributed by atoms with E-state index >= 15 is 0 Å². The molecular formula is C15H16BrClN2O2. The molecule has 0 bridgehead atoms. The van der Waals surface area contributed by atoms with E-state index in [1.807, 2.05) is 18.2 Å². The lowest BCUT2D eigenvalue weighted by Crippen LogP contribution is -2.32. The zero-order valence-corrected chi connectivity index (χ0v) is 13.6. The molecule has 21 heavy (non-hydrogen) atoms. The van der Waals surface area contributed by atoms with Crippen molar-refractivity contribution >= 4 is 34.2 Å². The molecule has 4 nitrogen and oxygen atoms in total. The number of nitrogens with two attached hydrogens (primary N) is 1. The maximum absolute atomic E-state index is 12.4. The van der Waals surface area contributed by atoms with Gasteiger partial charge in [0.05, 0.1) is 10.7 Å². The topological polar surface area (TPSA) is 59.5 Å². The van der Waals surface area contributed by atoms with Crippen molar-refractivity contribution in [2.24, 2.45) is 5.73 Å². The first-order valence-corrected chi connectivity index (χ1v) is 7.29. The smallest absolute Gasteiger partial charge is 0.290 e. The van der Waals surface area contributed by atoms with E-state index in [4.69, 9.17) is 10.2 Å². The maximum Gasteiger partial charge on any atom is 0.290 e. The summed E-state index contributed by atoms with van der Waals surface area (Å²) >= 11 is 3.32. The van der Waals surface area contributed by atoms with Crippen LogP contribution in [0.4, 0.5) is 0 Å². The van der Waals surface area contributed by atoms with Crippen LogP contribution in [0.2, 0.25) is 0 Å². The van der Waals surface area contributed by atoms with Gasteiger partial charge in [-0.1, -0.05) is 30.3 Å². The van der Waals surface area contributed by atoms with Gasteiger partial charge < -0.3 is 15.1 Å². The van der Waals surface area contributed by atoms with Crippen LogP contribution in [-0.4, -0.2) is 29.9 Å². The summed E-state index contributed by atoms with van der Waals surface area (Å²) in [6, 6.07) is 11.8. The molecule has 1 fully saturated rings. The van der Waals surface area contributed by atoms with Gasteiger partial charge in [0.2, 0.25) is 5.76 Å². The fraction of sp³-hybridized carbons (Fsp3) is 0.267. The average Bonchev–Trinajstić information content (AvgIpc) is 3.05. The Hall–Kier alpha value is -1.30. The summed E-state index contributed by atoms with van der Waals surface area (Å²) in [5.74, 6) is 0.399. The fourth-order valence-corrected chi connectivity index (χ4v) is 3.01. The van der Waals surface area contributed by atoms with E-state index in [0.717, 1.165) is 0 Å². The quantitative estimate of drug-likeness (QED) is 0.883. The van der Waals surface area contributed by atoms with Crippen molar-refractivity contribution in [1.29, 1.82) is 0 Å². The van der Waals surface area contributed by atoms with Crippen LogP contribution in [-0.2, 0) is 0 Å². The van der Waals surface area contributed by atoms with Crippen LogP contribution in [0.15, 0.2) is 51.6 Å². The molecule has 0 radical (unpaired) electrons. The lowest BCUT2D eigenvalue weighted by molar-refractivity contribution is 0.0756. The second kappa shape index (κ2) is 6.64. The molecule has 2 atom stereocenters. The van der Waals surface area contributed by atoms with Gasteiger partial charge in [-0.25, -0.2) is 0 Å². The molecule has 1 saturated heterocycles. The second-order valence-corrected chi connectivity index (χ2v) is 5.84. The van der Waals surface area contributed by atoms with E-state index in [0.29, 0.717) is 23.3 Å². The molecular weight excluding hydrogens is 356 g/mol. The predicted octanol–water partition coefficient (Wildman–Crippen LogP) is 3.03. The molecule has 1 aliphatic rings. The minimum Gasteiger partial charge on any atom is -0.458 e. The summed E-state index contributed by atoms with van der Waals surface area (Å²) in [7, 11) is 0. The van der Waals surface area contributed by atoms with Crippen molar-refractivity contribution in [3.63, 3.8) is 0 Å². The highest BCUT2D eigenvalue weighted by Gasteiger charge is 2.35. The highest BCUT2D eigenvalue weighted by Crippen LogP contribution is 2.29. The van der Waals surface area contributed by atoms with E-state index in [1.165, 1.54) is 11.8 Å². The van der Waals surface area contributed by atoms with Crippen molar-refractivity contribution < 1.29 is 9.21 Å². The summed E-state index contributed by atoms with van der Waals surface area (Å²) < 4.78 is 5.92. The lowest BCUT2D eigenvalue weighted by Gasteiger charge is -2.15. The van der Waals surface area contributed by atoms with Crippen LogP contribution in [0.3, 0.4) is 0 Å². The van der Waals surface area contributed by atoms with Crippen molar-refractivity contribution in [3.05, 3.63) is 58.5 Å². The Kier molecular flexibility index (Phi) is 5.08. The average molecular weight is 372 g/mol. The van der Waals surface area contributed by atoms with E-state index < -0.39 is 0 Å². The Balaban J connectivity index is 0.00000161. The van der Waals surface area contributed by atoms with Crippen molar-refractivity contribution in [3.8, 4) is 0 Å². The fourth-order valence-electron chi connectivity index (χ4n) is 2.64. The highest BCUT2D eigenvalue weighted by atomic mass is 79.9. The SMILES string of the molecule is Cl.N[C@@H]1CN(C(=O)c2occc2Br)C[C@H]1c1ccccc1. The summed E-state index contributed by atoms with van der Waals surface area (Å²) in [5, 5.41) is 0. The number of carbonyl (C=O) groups is 1.